The summed E-state index contributed by atoms with van der Waals surface area (Å²) in [6.07, 6.45) is 6.64. The molecule has 0 saturated heterocycles. The zero-order valence-electron chi connectivity index (χ0n) is 10.7. The van der Waals surface area contributed by atoms with Crippen LogP contribution in [0.15, 0.2) is 30.3 Å². The van der Waals surface area contributed by atoms with Crippen LogP contribution in [0.5, 0.6) is 0 Å². The van der Waals surface area contributed by atoms with E-state index in [9.17, 15) is 0 Å². The molecule has 0 unspecified atom stereocenters. The van der Waals surface area contributed by atoms with Gasteiger partial charge in [0, 0.05) is 0 Å². The predicted molar refractivity (Wildman–Crippen MR) is 62.6 cm³/mol. The van der Waals surface area contributed by atoms with Crippen LogP contribution in [-0.4, -0.2) is 0 Å². The third-order valence-corrected chi connectivity index (χ3v) is 1.37. The van der Waals surface area contributed by atoms with E-state index in [1.165, 1.54) is 12.8 Å². The van der Waals surface area contributed by atoms with Gasteiger partial charge < -0.3 is 37.7 Å². The van der Waals surface area contributed by atoms with E-state index in [0.29, 0.717) is 0 Å². The van der Waals surface area contributed by atoms with Crippen LogP contribution in [0.4, 0.5) is 0 Å². The monoisotopic (exact) mass is 339 g/mol. The molecule has 0 atom stereocenters. The fraction of sp³-hybridized carbons (Fsp3) is 0.462. The second kappa shape index (κ2) is 36.0. The summed E-state index contributed by atoms with van der Waals surface area (Å²) in [6.45, 7) is 8.36. The molecule has 0 amide bonds. The molecule has 0 bridgehead atoms. The first kappa shape index (κ1) is 30.1. The Labute approximate surface area is 134 Å². The van der Waals surface area contributed by atoms with E-state index in [0.717, 1.165) is 0 Å². The minimum Gasteiger partial charge on any atom is -1.00 e. The third kappa shape index (κ3) is 46.3. The number of halogens is 2. The van der Waals surface area contributed by atoms with Gasteiger partial charge in [0.25, 0.3) is 0 Å². The van der Waals surface area contributed by atoms with Gasteiger partial charge in [-0.2, -0.15) is 44.9 Å². The van der Waals surface area contributed by atoms with Gasteiger partial charge in [0.2, 0.25) is 0 Å². The number of unbranched alkanes of at least 4 members (excludes halogenated alkanes) is 2. The SMILES string of the molecule is C[CH-]CC.C[CH-]CC.[Cl-].[Cl-].[Zr+2].c1cc[cH-]c1. The molecule has 0 radical (unpaired) electrons. The fourth-order valence-electron chi connectivity index (χ4n) is 0.321. The second-order valence-electron chi connectivity index (χ2n) is 2.60. The largest absolute Gasteiger partial charge is 2.00 e. The summed E-state index contributed by atoms with van der Waals surface area (Å²) in [5.74, 6) is 0. The molecule has 0 aliphatic rings. The molecule has 0 fully saturated rings. The molecule has 0 aliphatic carbocycles. The smallest absolute Gasteiger partial charge is 1.00 e. The average Bonchev–Trinajstić information content (AvgIpc) is 2.76. The molecule has 0 aliphatic heterocycles. The Hall–Kier alpha value is 0.813. The van der Waals surface area contributed by atoms with Crippen molar-refractivity contribution in [3.8, 4) is 0 Å². The van der Waals surface area contributed by atoms with Crippen molar-refractivity contribution < 1.29 is 51.0 Å². The van der Waals surface area contributed by atoms with Crippen LogP contribution in [0.2, 0.25) is 0 Å². The van der Waals surface area contributed by atoms with Gasteiger partial charge in [-0.3, -0.25) is 0 Å². The summed E-state index contributed by atoms with van der Waals surface area (Å²) >= 11 is 0. The average molecular weight is 341 g/mol. The Morgan fingerprint density at radius 2 is 1.12 bits per heavy atom. The minimum absolute atomic E-state index is 0. The first-order valence-electron chi connectivity index (χ1n) is 5.05. The Morgan fingerprint density at radius 1 is 0.875 bits per heavy atom. The van der Waals surface area contributed by atoms with Gasteiger partial charge in [-0.05, 0) is 0 Å². The molecule has 1 aromatic carbocycles. The molecule has 0 saturated carbocycles. The molecule has 0 aromatic heterocycles. The van der Waals surface area contributed by atoms with Crippen molar-refractivity contribution >= 4 is 0 Å². The van der Waals surface area contributed by atoms with E-state index in [1.807, 2.05) is 30.3 Å². The van der Waals surface area contributed by atoms with Crippen molar-refractivity contribution in [2.75, 3.05) is 0 Å². The van der Waals surface area contributed by atoms with E-state index >= 15 is 0 Å². The van der Waals surface area contributed by atoms with Crippen molar-refractivity contribution in [2.45, 2.75) is 40.5 Å². The van der Waals surface area contributed by atoms with Gasteiger partial charge in [-0.1, -0.05) is 13.8 Å². The summed E-state index contributed by atoms with van der Waals surface area (Å²) < 4.78 is 0. The Morgan fingerprint density at radius 3 is 1.19 bits per heavy atom. The Bertz CT molecular complexity index is 105. The minimum atomic E-state index is 0. The van der Waals surface area contributed by atoms with Crippen molar-refractivity contribution in [3.05, 3.63) is 43.2 Å². The van der Waals surface area contributed by atoms with Gasteiger partial charge >= 0.3 is 26.2 Å². The molecule has 1 aromatic rings. The van der Waals surface area contributed by atoms with Crippen LogP contribution in [0.1, 0.15) is 40.5 Å². The van der Waals surface area contributed by atoms with Crippen molar-refractivity contribution in [1.29, 1.82) is 0 Å². The third-order valence-electron chi connectivity index (χ3n) is 1.37. The van der Waals surface area contributed by atoms with Crippen LogP contribution in [0.25, 0.3) is 0 Å². The Balaban J connectivity index is -0.0000000350. The van der Waals surface area contributed by atoms with E-state index in [1.54, 1.807) is 0 Å². The van der Waals surface area contributed by atoms with Gasteiger partial charge in [0.15, 0.2) is 0 Å². The first-order chi connectivity index (χ1) is 6.33. The number of hydrogen-bond donors (Lipinski definition) is 0. The van der Waals surface area contributed by atoms with Crippen LogP contribution in [0.3, 0.4) is 0 Å². The van der Waals surface area contributed by atoms with Crippen LogP contribution in [0, 0.1) is 12.8 Å². The molecular weight excluding hydrogens is 318 g/mol. The zero-order chi connectivity index (χ0) is 10.4. The maximum atomic E-state index is 2.12. The molecular formula is C13H23Cl2Zr-3. The van der Waals surface area contributed by atoms with E-state index < -0.39 is 0 Å². The quantitative estimate of drug-likeness (QED) is 0.584. The second-order valence-corrected chi connectivity index (χ2v) is 2.60. The van der Waals surface area contributed by atoms with Gasteiger partial charge in [0.05, 0.1) is 0 Å². The Kier molecular flexibility index (Phi) is 67.8. The van der Waals surface area contributed by atoms with Gasteiger partial charge in [0.1, 0.15) is 0 Å². The number of rotatable bonds is 2. The molecule has 0 heterocycles. The van der Waals surface area contributed by atoms with Crippen LogP contribution >= 0.6 is 0 Å². The van der Waals surface area contributed by atoms with Gasteiger partial charge in [-0.25, -0.2) is 12.1 Å². The summed E-state index contributed by atoms with van der Waals surface area (Å²) in [4.78, 5) is 0. The standard InChI is InChI=1S/C5H5.2C4H9.2ClH.Zr/c1-2-4-5-3-1;2*1-3-4-2;;;/h1-5H;2*3H,4H2,1-2H3;2*1H;/q3*-1;;;+2/p-2. The summed E-state index contributed by atoms with van der Waals surface area (Å²) in [5, 5.41) is 0. The van der Waals surface area contributed by atoms with Crippen LogP contribution < -0.4 is 24.8 Å². The fourth-order valence-corrected chi connectivity index (χ4v) is 0.321. The van der Waals surface area contributed by atoms with E-state index in [2.05, 4.69) is 40.5 Å². The van der Waals surface area contributed by atoms with Crippen molar-refractivity contribution in [3.63, 3.8) is 0 Å². The van der Waals surface area contributed by atoms with Gasteiger partial charge in [-0.15, -0.1) is 0 Å². The van der Waals surface area contributed by atoms with E-state index in [-0.39, 0.29) is 51.0 Å². The summed E-state index contributed by atoms with van der Waals surface area (Å²) in [5.41, 5.74) is 0. The summed E-state index contributed by atoms with van der Waals surface area (Å²) in [7, 11) is 0. The van der Waals surface area contributed by atoms with Crippen molar-refractivity contribution in [1.82, 2.24) is 0 Å². The molecule has 0 nitrogen and oxygen atoms in total. The molecule has 0 spiro atoms. The number of hydrogen-bond acceptors (Lipinski definition) is 0. The molecule has 3 heteroatoms. The zero-order valence-corrected chi connectivity index (χ0v) is 14.7. The predicted octanol–water partition coefficient (Wildman–Crippen LogP) is -1.35. The van der Waals surface area contributed by atoms with E-state index in [4.69, 9.17) is 0 Å². The molecule has 96 valence electrons. The first-order valence-corrected chi connectivity index (χ1v) is 5.05. The molecule has 0 N–H and O–H groups in total. The van der Waals surface area contributed by atoms with Crippen LogP contribution in [-0.2, 0) is 26.2 Å². The maximum absolute atomic E-state index is 2.12. The normalized spacial score (nSPS) is 6.25. The topological polar surface area (TPSA) is 0 Å². The maximum Gasteiger partial charge on any atom is 2.00 e. The van der Waals surface area contributed by atoms with Crippen molar-refractivity contribution in [2.24, 2.45) is 0 Å². The summed E-state index contributed by atoms with van der Waals surface area (Å²) in [6, 6.07) is 10.0. The molecule has 1 rings (SSSR count). The molecule has 16 heavy (non-hydrogen) atoms.